The molecular weight excluding hydrogens is 282 g/mol. The number of ketones is 1. The smallest absolute Gasteiger partial charge is 0.296 e. The zero-order valence-electron chi connectivity index (χ0n) is 10.4. The van der Waals surface area contributed by atoms with Crippen molar-refractivity contribution < 1.29 is 14.3 Å². The molecule has 0 bridgehead atoms. The van der Waals surface area contributed by atoms with E-state index in [1.54, 1.807) is 6.07 Å². The third kappa shape index (κ3) is 2.01. The average molecular weight is 292 g/mol. The van der Waals surface area contributed by atoms with Crippen molar-refractivity contribution in [1.82, 2.24) is 0 Å². The Labute approximate surface area is 119 Å². The van der Waals surface area contributed by atoms with E-state index < -0.39 is 17.8 Å². The van der Waals surface area contributed by atoms with E-state index in [9.17, 15) is 9.59 Å². The Hall–Kier alpha value is -2.10. The first kappa shape index (κ1) is 12.9. The lowest BCUT2D eigenvalue weighted by Crippen LogP contribution is -2.42. The molecular formula is C13H10ClN3O3. The van der Waals surface area contributed by atoms with Crippen LogP contribution in [0.2, 0.25) is 5.02 Å². The summed E-state index contributed by atoms with van der Waals surface area (Å²) in [6.07, 6.45) is -0.510. The Balaban J connectivity index is 1.96. The van der Waals surface area contributed by atoms with Crippen LogP contribution < -0.4 is 10.2 Å². The van der Waals surface area contributed by atoms with Crippen LogP contribution in [0.4, 0.5) is 11.4 Å². The van der Waals surface area contributed by atoms with Gasteiger partial charge in [0, 0.05) is 6.54 Å². The average Bonchev–Trinajstić information content (AvgIpc) is 2.73. The lowest BCUT2D eigenvalue weighted by Gasteiger charge is -2.32. The fourth-order valence-electron chi connectivity index (χ4n) is 2.34. The molecule has 1 amide bonds. The van der Waals surface area contributed by atoms with Gasteiger partial charge in [-0.05, 0) is 12.1 Å². The van der Waals surface area contributed by atoms with Gasteiger partial charge in [-0.3, -0.25) is 9.59 Å². The van der Waals surface area contributed by atoms with Crippen LogP contribution in [0.5, 0.6) is 0 Å². The van der Waals surface area contributed by atoms with Crippen molar-refractivity contribution in [2.45, 2.75) is 6.10 Å². The van der Waals surface area contributed by atoms with Gasteiger partial charge in [0.05, 0.1) is 41.2 Å². The van der Waals surface area contributed by atoms with E-state index in [2.05, 4.69) is 11.4 Å². The summed E-state index contributed by atoms with van der Waals surface area (Å²) in [6, 6.07) is 5.21. The number of rotatable bonds is 1. The van der Waals surface area contributed by atoms with Gasteiger partial charge >= 0.3 is 0 Å². The van der Waals surface area contributed by atoms with E-state index in [0.717, 1.165) is 0 Å². The van der Waals surface area contributed by atoms with Crippen molar-refractivity contribution >= 4 is 34.7 Å². The molecule has 1 atom stereocenters. The van der Waals surface area contributed by atoms with Gasteiger partial charge in [-0.1, -0.05) is 11.6 Å². The van der Waals surface area contributed by atoms with Crippen molar-refractivity contribution in [2.75, 3.05) is 29.9 Å². The Morgan fingerprint density at radius 1 is 1.45 bits per heavy atom. The molecule has 1 saturated heterocycles. The van der Waals surface area contributed by atoms with Crippen molar-refractivity contribution in [3.8, 4) is 6.07 Å². The summed E-state index contributed by atoms with van der Waals surface area (Å²) in [5.41, 5.74) is 1.43. The highest BCUT2D eigenvalue weighted by atomic mass is 35.5. The molecule has 1 aromatic rings. The topological polar surface area (TPSA) is 82.4 Å². The summed E-state index contributed by atoms with van der Waals surface area (Å²) in [7, 11) is 0. The molecule has 2 aliphatic rings. The van der Waals surface area contributed by atoms with Gasteiger partial charge in [-0.2, -0.15) is 5.26 Å². The van der Waals surface area contributed by atoms with Gasteiger partial charge in [0.25, 0.3) is 11.7 Å². The van der Waals surface area contributed by atoms with E-state index in [0.29, 0.717) is 36.1 Å². The summed E-state index contributed by atoms with van der Waals surface area (Å²) in [4.78, 5) is 24.8. The van der Waals surface area contributed by atoms with Crippen LogP contribution in [0.25, 0.3) is 0 Å². The summed E-state index contributed by atoms with van der Waals surface area (Å²) in [5, 5.41) is 11.8. The molecule has 2 heterocycles. The van der Waals surface area contributed by atoms with E-state index in [1.165, 1.54) is 6.07 Å². The molecule has 2 aliphatic heterocycles. The predicted octanol–water partition coefficient (Wildman–Crippen LogP) is 1.20. The van der Waals surface area contributed by atoms with E-state index in [4.69, 9.17) is 21.6 Å². The van der Waals surface area contributed by atoms with Gasteiger partial charge in [0.2, 0.25) is 0 Å². The fourth-order valence-corrected chi connectivity index (χ4v) is 2.63. The highest BCUT2D eigenvalue weighted by Crippen LogP contribution is 2.35. The Morgan fingerprint density at radius 2 is 2.25 bits per heavy atom. The van der Waals surface area contributed by atoms with Gasteiger partial charge in [-0.15, -0.1) is 0 Å². The van der Waals surface area contributed by atoms with Crippen molar-refractivity contribution in [1.29, 1.82) is 5.26 Å². The van der Waals surface area contributed by atoms with Crippen molar-refractivity contribution in [2.24, 2.45) is 0 Å². The third-order valence-electron chi connectivity index (χ3n) is 3.34. The number of benzene rings is 1. The summed E-state index contributed by atoms with van der Waals surface area (Å²) in [6.45, 7) is 1.42. The summed E-state index contributed by atoms with van der Waals surface area (Å²) in [5.74, 6) is -1.23. The number of Topliss-reactive ketones (excluding diaryl/α,β-unsaturated/α-hetero) is 1. The second-order valence-corrected chi connectivity index (χ2v) is 4.97. The molecule has 0 aliphatic carbocycles. The number of anilines is 2. The fraction of sp³-hybridized carbons (Fsp3) is 0.308. The second-order valence-electron chi connectivity index (χ2n) is 4.57. The van der Waals surface area contributed by atoms with Gasteiger partial charge in [0.1, 0.15) is 0 Å². The molecule has 1 N–H and O–H groups in total. The van der Waals surface area contributed by atoms with E-state index >= 15 is 0 Å². The normalized spacial score (nSPS) is 21.4. The zero-order chi connectivity index (χ0) is 14.3. The van der Waals surface area contributed by atoms with Crippen molar-refractivity contribution in [3.05, 3.63) is 22.7 Å². The first-order valence-electron chi connectivity index (χ1n) is 6.05. The van der Waals surface area contributed by atoms with E-state index in [1.807, 2.05) is 4.90 Å². The SMILES string of the molecule is N#CC1CN(c2cc3c(cc2Cl)C(=O)C(=O)N3)CCO1. The molecule has 6 nitrogen and oxygen atoms in total. The first-order valence-corrected chi connectivity index (χ1v) is 6.43. The number of nitrogens with zero attached hydrogens (tertiary/aromatic N) is 2. The number of nitrogens with one attached hydrogen (secondary N) is 1. The van der Waals surface area contributed by atoms with Crippen LogP contribution in [0.3, 0.4) is 0 Å². The number of ether oxygens (including phenoxy) is 1. The molecule has 1 aromatic carbocycles. The maximum Gasteiger partial charge on any atom is 0.296 e. The molecule has 3 rings (SSSR count). The van der Waals surface area contributed by atoms with Crippen LogP contribution in [0.15, 0.2) is 12.1 Å². The summed E-state index contributed by atoms with van der Waals surface area (Å²) >= 11 is 6.19. The standard InChI is InChI=1S/C13H10ClN3O3/c14-9-3-8-10(16-13(19)12(8)18)4-11(9)17-1-2-20-7(5-15)6-17/h3-4,7H,1-2,6H2,(H,16,18,19). The van der Waals surface area contributed by atoms with Crippen LogP contribution in [-0.4, -0.2) is 37.5 Å². The van der Waals surface area contributed by atoms with Crippen LogP contribution in [0, 0.1) is 11.3 Å². The Morgan fingerprint density at radius 3 is 3.00 bits per heavy atom. The lowest BCUT2D eigenvalue weighted by atomic mass is 10.1. The van der Waals surface area contributed by atoms with E-state index in [-0.39, 0.29) is 5.56 Å². The Kier molecular flexibility index (Phi) is 3.08. The van der Waals surface area contributed by atoms with Gasteiger partial charge < -0.3 is 15.0 Å². The number of halogens is 1. The monoisotopic (exact) mass is 291 g/mol. The zero-order valence-corrected chi connectivity index (χ0v) is 11.1. The van der Waals surface area contributed by atoms with Crippen LogP contribution >= 0.6 is 11.6 Å². The Bertz CT molecular complexity index is 653. The molecule has 20 heavy (non-hydrogen) atoms. The first-order chi connectivity index (χ1) is 9.60. The highest BCUT2D eigenvalue weighted by molar-refractivity contribution is 6.52. The third-order valence-corrected chi connectivity index (χ3v) is 3.64. The minimum Gasteiger partial charge on any atom is -0.364 e. The molecule has 0 saturated carbocycles. The predicted molar refractivity (Wildman–Crippen MR) is 72.0 cm³/mol. The molecule has 1 unspecified atom stereocenters. The molecule has 7 heteroatoms. The number of nitriles is 1. The molecule has 0 spiro atoms. The largest absolute Gasteiger partial charge is 0.364 e. The number of carbonyl (C=O) groups excluding carboxylic acids is 2. The minimum absolute atomic E-state index is 0.286. The lowest BCUT2D eigenvalue weighted by molar-refractivity contribution is -0.112. The maximum atomic E-state index is 11.6. The molecule has 102 valence electrons. The molecule has 0 aromatic heterocycles. The summed E-state index contributed by atoms with van der Waals surface area (Å²) < 4.78 is 5.28. The number of hydrogen-bond acceptors (Lipinski definition) is 5. The molecule has 1 fully saturated rings. The maximum absolute atomic E-state index is 11.6. The second kappa shape index (κ2) is 4.78. The number of fused-ring (bicyclic) bond motifs is 1. The van der Waals surface area contributed by atoms with Crippen LogP contribution in [0.1, 0.15) is 10.4 Å². The van der Waals surface area contributed by atoms with Gasteiger partial charge in [-0.25, -0.2) is 0 Å². The number of amides is 1. The van der Waals surface area contributed by atoms with Crippen molar-refractivity contribution in [3.63, 3.8) is 0 Å². The van der Waals surface area contributed by atoms with Crippen LogP contribution in [-0.2, 0) is 9.53 Å². The minimum atomic E-state index is -0.648. The molecule has 0 radical (unpaired) electrons. The number of hydrogen-bond donors (Lipinski definition) is 1. The number of morpholine rings is 1. The number of carbonyl (C=O) groups is 2. The highest BCUT2D eigenvalue weighted by Gasteiger charge is 2.30. The van der Waals surface area contributed by atoms with Gasteiger partial charge in [0.15, 0.2) is 6.10 Å². The quantitative estimate of drug-likeness (QED) is 0.786.